The molecule has 23 heavy (non-hydrogen) atoms. The molecular weight excluding hydrogens is 372 g/mol. The van der Waals surface area contributed by atoms with Gasteiger partial charge < -0.3 is 0 Å². The second-order valence-corrected chi connectivity index (χ2v) is 10.0. The molecule has 4 rings (SSSR count). The fourth-order valence-electron chi connectivity index (χ4n) is 5.97. The molecule has 8 atom stereocenters. The van der Waals surface area contributed by atoms with Crippen LogP contribution in [-0.2, 0) is 24.6 Å². The zero-order chi connectivity index (χ0) is 16.5. The van der Waals surface area contributed by atoms with Gasteiger partial charge in [0.2, 0.25) is 0 Å². The SMILES string of the molecule is CC1=C2C[C@@H](C[C@@H]1[Mo])C[C@H]1[C@H]3CC[C@H]3CC(O)[C@@]1(C)C(=O)C2O. The van der Waals surface area contributed by atoms with E-state index in [0.29, 0.717) is 22.1 Å². The summed E-state index contributed by atoms with van der Waals surface area (Å²) in [6.07, 6.45) is 4.66. The van der Waals surface area contributed by atoms with Crippen molar-refractivity contribution in [2.45, 2.75) is 68.9 Å². The van der Waals surface area contributed by atoms with Gasteiger partial charge in [-0.25, -0.2) is 0 Å². The molecule has 0 aromatic heterocycles. The third-order valence-corrected chi connectivity index (χ3v) is 9.07. The molecule has 0 heterocycles. The van der Waals surface area contributed by atoms with Gasteiger partial charge in [0.05, 0.1) is 0 Å². The third kappa shape index (κ3) is 2.22. The number of aliphatic hydroxyl groups excluding tert-OH is 2. The van der Waals surface area contributed by atoms with E-state index in [-0.39, 0.29) is 11.7 Å². The van der Waals surface area contributed by atoms with Crippen LogP contribution in [0.4, 0.5) is 0 Å². The molecule has 3 fully saturated rings. The molecule has 4 aliphatic rings. The van der Waals surface area contributed by atoms with Crippen LogP contribution in [0.3, 0.4) is 0 Å². The Balaban J connectivity index is 1.79. The molecule has 0 saturated heterocycles. The summed E-state index contributed by atoms with van der Waals surface area (Å²) < 4.78 is 0.469. The molecule has 0 amide bonds. The van der Waals surface area contributed by atoms with E-state index in [1.165, 1.54) is 24.8 Å². The first-order valence-electron chi connectivity index (χ1n) is 9.09. The van der Waals surface area contributed by atoms with Crippen molar-refractivity contribution in [3.63, 3.8) is 0 Å². The van der Waals surface area contributed by atoms with Gasteiger partial charge in [-0.05, 0) is 0 Å². The van der Waals surface area contributed by atoms with Crippen molar-refractivity contribution in [3.05, 3.63) is 11.1 Å². The first kappa shape index (κ1) is 16.5. The Morgan fingerprint density at radius 1 is 1.17 bits per heavy atom. The van der Waals surface area contributed by atoms with Crippen molar-refractivity contribution in [2.75, 3.05) is 0 Å². The van der Waals surface area contributed by atoms with Gasteiger partial charge in [0, 0.05) is 0 Å². The molecule has 4 aliphatic carbocycles. The monoisotopic (exact) mass is 401 g/mol. The summed E-state index contributed by atoms with van der Waals surface area (Å²) in [6, 6.07) is 0. The van der Waals surface area contributed by atoms with E-state index in [9.17, 15) is 15.0 Å². The molecule has 2 unspecified atom stereocenters. The first-order chi connectivity index (χ1) is 10.8. The molecule has 2 bridgehead atoms. The summed E-state index contributed by atoms with van der Waals surface area (Å²) in [5.41, 5.74) is 1.41. The van der Waals surface area contributed by atoms with Crippen molar-refractivity contribution in [1.82, 2.24) is 0 Å². The van der Waals surface area contributed by atoms with E-state index >= 15 is 0 Å². The molecule has 0 aliphatic heterocycles. The van der Waals surface area contributed by atoms with E-state index in [4.69, 9.17) is 0 Å². The summed E-state index contributed by atoms with van der Waals surface area (Å²) in [7, 11) is 0. The number of Topliss-reactive ketones (excluding diaryl/α,β-unsaturated/α-hetero) is 1. The minimum absolute atomic E-state index is 0.108. The molecule has 3 nitrogen and oxygen atoms in total. The number of hydrogen-bond acceptors (Lipinski definition) is 3. The van der Waals surface area contributed by atoms with Crippen molar-refractivity contribution in [1.29, 1.82) is 0 Å². The molecule has 2 N–H and O–H groups in total. The summed E-state index contributed by atoms with van der Waals surface area (Å²) in [5.74, 6) is 1.90. The van der Waals surface area contributed by atoms with Gasteiger partial charge in [0.15, 0.2) is 0 Å². The zero-order valence-electron chi connectivity index (χ0n) is 14.0. The van der Waals surface area contributed by atoms with Crippen LogP contribution >= 0.6 is 0 Å². The standard InChI is InChI=1S/C19H27O3.Mo/c1-10-3-4-11-7-14(10)17(21)18(22)19(2)15(8-11)13-6-5-12(13)9-16(19)20;/h3,11-13,15-17,20-21H,4-9H2,1-2H3;/t11-,12+,13+,15+,16?,17?,19+;/m1./s1. The number of carbonyl (C=O) groups excluding carboxylic acids is 1. The first-order valence-corrected chi connectivity index (χ1v) is 10.3. The van der Waals surface area contributed by atoms with Gasteiger partial charge in [-0.3, -0.25) is 0 Å². The Labute approximate surface area is 149 Å². The number of carbonyl (C=O) groups is 1. The molecule has 0 aromatic rings. The number of rotatable bonds is 0. The van der Waals surface area contributed by atoms with Crippen molar-refractivity contribution < 1.29 is 34.8 Å². The Morgan fingerprint density at radius 3 is 2.57 bits per heavy atom. The van der Waals surface area contributed by atoms with Crippen LogP contribution in [-0.4, -0.2) is 28.2 Å². The zero-order valence-corrected chi connectivity index (χ0v) is 16.0. The van der Waals surface area contributed by atoms with Crippen LogP contribution in [0.5, 0.6) is 0 Å². The number of fused-ring (bicyclic) bond motifs is 5. The Kier molecular flexibility index (Phi) is 3.95. The average Bonchev–Trinajstić information content (AvgIpc) is 2.49. The normalized spacial score (nSPS) is 52.9. The Morgan fingerprint density at radius 2 is 1.91 bits per heavy atom. The molecule has 4 heteroatoms. The van der Waals surface area contributed by atoms with E-state index in [1.54, 1.807) is 0 Å². The quantitative estimate of drug-likeness (QED) is 0.487. The van der Waals surface area contributed by atoms with Gasteiger partial charge in [-0.2, -0.15) is 0 Å². The number of ketones is 1. The molecule has 0 radical (unpaired) electrons. The van der Waals surface area contributed by atoms with Gasteiger partial charge in [0.25, 0.3) is 0 Å². The number of aliphatic hydroxyl groups is 2. The molecule has 3 saturated carbocycles. The molecule has 0 aromatic carbocycles. The molecular formula is C19H27MoO3. The predicted octanol–water partition coefficient (Wildman–Crippen LogP) is 2.80. The van der Waals surface area contributed by atoms with Crippen LogP contribution in [0.15, 0.2) is 11.1 Å². The minimum atomic E-state index is -0.999. The third-order valence-electron chi connectivity index (χ3n) is 7.72. The van der Waals surface area contributed by atoms with Crippen LogP contribution in [0.25, 0.3) is 0 Å². The average molecular weight is 399 g/mol. The molecule has 0 spiro atoms. The van der Waals surface area contributed by atoms with Gasteiger partial charge in [0.1, 0.15) is 0 Å². The summed E-state index contributed by atoms with van der Waals surface area (Å²) in [6.45, 7) is 4.03. The van der Waals surface area contributed by atoms with Crippen molar-refractivity contribution >= 4 is 5.78 Å². The van der Waals surface area contributed by atoms with Crippen LogP contribution < -0.4 is 0 Å². The van der Waals surface area contributed by atoms with E-state index in [0.717, 1.165) is 24.8 Å². The van der Waals surface area contributed by atoms with Crippen molar-refractivity contribution in [2.24, 2.45) is 29.1 Å². The van der Waals surface area contributed by atoms with Crippen LogP contribution in [0.1, 0.15) is 52.4 Å². The predicted molar refractivity (Wildman–Crippen MR) is 83.2 cm³/mol. The maximum absolute atomic E-state index is 13.2. The van der Waals surface area contributed by atoms with Crippen LogP contribution in [0.2, 0.25) is 4.31 Å². The topological polar surface area (TPSA) is 57.5 Å². The number of hydrogen-bond donors (Lipinski definition) is 2. The summed E-state index contributed by atoms with van der Waals surface area (Å²) in [4.78, 5) is 13.2. The van der Waals surface area contributed by atoms with E-state index < -0.39 is 17.6 Å². The second kappa shape index (κ2) is 5.51. The van der Waals surface area contributed by atoms with E-state index in [1.807, 2.05) is 6.92 Å². The van der Waals surface area contributed by atoms with Crippen molar-refractivity contribution in [3.8, 4) is 0 Å². The second-order valence-electron chi connectivity index (χ2n) is 8.65. The Bertz CT molecular complexity index is 571. The number of allylic oxidation sites excluding steroid dienone is 1. The molecule has 127 valence electrons. The Hall–Kier alpha value is 0.0183. The fourth-order valence-corrected chi connectivity index (χ4v) is 7.01. The maximum atomic E-state index is 13.2. The van der Waals surface area contributed by atoms with Gasteiger partial charge in [-0.1, -0.05) is 0 Å². The van der Waals surface area contributed by atoms with Gasteiger partial charge in [-0.15, -0.1) is 0 Å². The summed E-state index contributed by atoms with van der Waals surface area (Å²) in [5, 5.41) is 21.7. The summed E-state index contributed by atoms with van der Waals surface area (Å²) >= 11 is 2.14. The fraction of sp³-hybridized carbons (Fsp3) is 0.842. The van der Waals surface area contributed by atoms with Gasteiger partial charge >= 0.3 is 150 Å². The van der Waals surface area contributed by atoms with E-state index in [2.05, 4.69) is 26.7 Å². The van der Waals surface area contributed by atoms with Crippen LogP contribution in [0, 0.1) is 29.1 Å².